The van der Waals surface area contributed by atoms with Crippen LogP contribution >= 0.6 is 22.9 Å². The van der Waals surface area contributed by atoms with Crippen molar-refractivity contribution in [1.82, 2.24) is 14.5 Å². The van der Waals surface area contributed by atoms with Crippen molar-refractivity contribution in [3.05, 3.63) is 53.8 Å². The molecule has 0 bridgehead atoms. The Morgan fingerprint density at radius 2 is 2.15 bits per heavy atom. The summed E-state index contributed by atoms with van der Waals surface area (Å²) >= 11 is 7.78. The number of thiophene rings is 1. The molecule has 0 atom stereocenters. The van der Waals surface area contributed by atoms with E-state index in [-0.39, 0.29) is 0 Å². The van der Waals surface area contributed by atoms with Gasteiger partial charge in [-0.1, -0.05) is 0 Å². The van der Waals surface area contributed by atoms with Gasteiger partial charge in [0.1, 0.15) is 11.3 Å². The zero-order valence-corrected chi connectivity index (χ0v) is 12.0. The molecule has 0 unspecified atom stereocenters. The summed E-state index contributed by atoms with van der Waals surface area (Å²) in [5.41, 5.74) is 2.76. The molecular formula is C15H10ClN3S. The molecule has 0 saturated heterocycles. The van der Waals surface area contributed by atoms with E-state index in [1.165, 1.54) is 10.1 Å². The van der Waals surface area contributed by atoms with Crippen molar-refractivity contribution in [2.75, 3.05) is 0 Å². The SMILES string of the molecule is ClCc1nc2cccnc2n1-c1ccc2sccc2c1. The van der Waals surface area contributed by atoms with Crippen LogP contribution < -0.4 is 0 Å². The summed E-state index contributed by atoms with van der Waals surface area (Å²) in [4.78, 5) is 8.98. The minimum Gasteiger partial charge on any atom is -0.280 e. The van der Waals surface area contributed by atoms with E-state index in [2.05, 4.69) is 39.6 Å². The number of rotatable bonds is 2. The lowest BCUT2D eigenvalue weighted by Crippen LogP contribution is -1.99. The standard InChI is InChI=1S/C15H10ClN3S/c16-9-14-18-12-2-1-6-17-15(12)19(14)11-3-4-13-10(8-11)5-7-20-13/h1-8H,9H2. The summed E-state index contributed by atoms with van der Waals surface area (Å²) in [6, 6.07) is 12.3. The number of fused-ring (bicyclic) bond motifs is 2. The van der Waals surface area contributed by atoms with Gasteiger partial charge in [0.05, 0.1) is 5.88 Å². The van der Waals surface area contributed by atoms with Gasteiger partial charge in [-0.3, -0.25) is 4.57 Å². The van der Waals surface area contributed by atoms with Gasteiger partial charge in [0.25, 0.3) is 0 Å². The summed E-state index contributed by atoms with van der Waals surface area (Å²) in [5.74, 6) is 1.17. The predicted molar refractivity (Wildman–Crippen MR) is 83.8 cm³/mol. The molecule has 0 aliphatic carbocycles. The lowest BCUT2D eigenvalue weighted by Gasteiger charge is -2.07. The third kappa shape index (κ3) is 1.72. The second kappa shape index (κ2) is 4.58. The highest BCUT2D eigenvalue weighted by Gasteiger charge is 2.12. The van der Waals surface area contributed by atoms with Crippen LogP contribution in [0, 0.1) is 0 Å². The number of imidazole rings is 1. The Bertz CT molecular complexity index is 910. The number of nitrogens with zero attached hydrogens (tertiary/aromatic N) is 3. The lowest BCUT2D eigenvalue weighted by molar-refractivity contribution is 0.972. The maximum absolute atomic E-state index is 6.04. The third-order valence-corrected chi connectivity index (χ3v) is 4.44. The van der Waals surface area contributed by atoms with Gasteiger partial charge in [-0.2, -0.15) is 0 Å². The molecule has 0 saturated carbocycles. The molecule has 0 radical (unpaired) electrons. The van der Waals surface area contributed by atoms with E-state index in [9.17, 15) is 0 Å². The number of hydrogen-bond donors (Lipinski definition) is 0. The molecule has 4 aromatic rings. The predicted octanol–water partition coefficient (Wildman–Crippen LogP) is 4.37. The van der Waals surface area contributed by atoms with Gasteiger partial charge in [0.15, 0.2) is 5.65 Å². The van der Waals surface area contributed by atoms with Crippen molar-refractivity contribution in [3.8, 4) is 5.69 Å². The summed E-state index contributed by atoms with van der Waals surface area (Å²) in [6.45, 7) is 0. The highest BCUT2D eigenvalue weighted by atomic mass is 35.5. The molecule has 3 nitrogen and oxygen atoms in total. The molecule has 3 heterocycles. The molecule has 0 aliphatic rings. The van der Waals surface area contributed by atoms with Crippen LogP contribution in [-0.4, -0.2) is 14.5 Å². The van der Waals surface area contributed by atoms with Crippen molar-refractivity contribution < 1.29 is 0 Å². The molecule has 4 rings (SSSR count). The van der Waals surface area contributed by atoms with Gasteiger partial charge in [0, 0.05) is 16.6 Å². The monoisotopic (exact) mass is 299 g/mol. The fourth-order valence-corrected chi connectivity index (χ4v) is 3.36. The molecule has 0 amide bonds. The molecule has 0 fully saturated rings. The Labute approximate surface area is 124 Å². The first kappa shape index (κ1) is 11.9. The van der Waals surface area contributed by atoms with Crippen LogP contribution in [0.1, 0.15) is 5.82 Å². The molecule has 0 aliphatic heterocycles. The van der Waals surface area contributed by atoms with Gasteiger partial charge in [-0.15, -0.1) is 22.9 Å². The average Bonchev–Trinajstić information content (AvgIpc) is 3.09. The summed E-state index contributed by atoms with van der Waals surface area (Å²) in [6.07, 6.45) is 1.78. The van der Waals surface area contributed by atoms with Crippen molar-refractivity contribution in [2.24, 2.45) is 0 Å². The van der Waals surface area contributed by atoms with Crippen molar-refractivity contribution in [3.63, 3.8) is 0 Å². The number of halogens is 1. The Morgan fingerprint density at radius 1 is 1.20 bits per heavy atom. The van der Waals surface area contributed by atoms with E-state index in [1.54, 1.807) is 17.5 Å². The van der Waals surface area contributed by atoms with E-state index in [1.807, 2.05) is 16.7 Å². The second-order valence-corrected chi connectivity index (χ2v) is 5.70. The number of hydrogen-bond acceptors (Lipinski definition) is 3. The van der Waals surface area contributed by atoms with Crippen LogP contribution in [0.15, 0.2) is 48.0 Å². The molecule has 3 aromatic heterocycles. The van der Waals surface area contributed by atoms with Crippen LogP contribution in [0.25, 0.3) is 26.9 Å². The first-order valence-corrected chi connectivity index (χ1v) is 7.64. The number of aromatic nitrogens is 3. The maximum Gasteiger partial charge on any atom is 0.164 e. The first-order valence-electron chi connectivity index (χ1n) is 6.23. The fraction of sp³-hybridized carbons (Fsp3) is 0.0667. The van der Waals surface area contributed by atoms with Gasteiger partial charge in [-0.05, 0) is 47.2 Å². The van der Waals surface area contributed by atoms with Crippen LogP contribution in [0.4, 0.5) is 0 Å². The van der Waals surface area contributed by atoms with Crippen molar-refractivity contribution in [1.29, 1.82) is 0 Å². The topological polar surface area (TPSA) is 30.7 Å². The van der Waals surface area contributed by atoms with Crippen molar-refractivity contribution in [2.45, 2.75) is 5.88 Å². The third-order valence-electron chi connectivity index (χ3n) is 3.30. The van der Waals surface area contributed by atoms with Gasteiger partial charge < -0.3 is 0 Å². The Kier molecular flexibility index (Phi) is 2.72. The minimum atomic E-state index is 0.359. The zero-order valence-electron chi connectivity index (χ0n) is 10.5. The molecule has 20 heavy (non-hydrogen) atoms. The average molecular weight is 300 g/mol. The largest absolute Gasteiger partial charge is 0.280 e. The van der Waals surface area contributed by atoms with E-state index in [4.69, 9.17) is 11.6 Å². The second-order valence-electron chi connectivity index (χ2n) is 4.49. The van der Waals surface area contributed by atoms with Gasteiger partial charge in [-0.25, -0.2) is 9.97 Å². The Hall–Kier alpha value is -1.91. The Morgan fingerprint density at radius 3 is 3.05 bits per heavy atom. The first-order chi connectivity index (χ1) is 9.86. The van der Waals surface area contributed by atoms with Gasteiger partial charge >= 0.3 is 0 Å². The van der Waals surface area contributed by atoms with Crippen molar-refractivity contribution >= 4 is 44.2 Å². The smallest absolute Gasteiger partial charge is 0.164 e. The van der Waals surface area contributed by atoms with E-state index in [0.717, 1.165) is 22.7 Å². The molecule has 0 N–H and O–H groups in total. The fourth-order valence-electron chi connectivity index (χ4n) is 2.41. The highest BCUT2D eigenvalue weighted by molar-refractivity contribution is 7.17. The minimum absolute atomic E-state index is 0.359. The highest BCUT2D eigenvalue weighted by Crippen LogP contribution is 2.26. The molecule has 5 heteroatoms. The number of pyridine rings is 1. The normalized spacial score (nSPS) is 11.4. The summed E-state index contributed by atoms with van der Waals surface area (Å²) < 4.78 is 3.30. The van der Waals surface area contributed by atoms with Crippen LogP contribution in [0.5, 0.6) is 0 Å². The van der Waals surface area contributed by atoms with Gasteiger partial charge in [0.2, 0.25) is 0 Å². The molecule has 98 valence electrons. The van der Waals surface area contributed by atoms with E-state index < -0.39 is 0 Å². The lowest BCUT2D eigenvalue weighted by atomic mass is 10.2. The maximum atomic E-state index is 6.04. The van der Waals surface area contributed by atoms with E-state index >= 15 is 0 Å². The number of benzene rings is 1. The zero-order chi connectivity index (χ0) is 13.5. The van der Waals surface area contributed by atoms with Crippen LogP contribution in [0.2, 0.25) is 0 Å². The molecule has 1 aromatic carbocycles. The molecular weight excluding hydrogens is 290 g/mol. The Balaban J connectivity index is 2.04. The van der Waals surface area contributed by atoms with Crippen LogP contribution in [-0.2, 0) is 5.88 Å². The van der Waals surface area contributed by atoms with E-state index in [0.29, 0.717) is 5.88 Å². The quantitative estimate of drug-likeness (QED) is 0.514. The summed E-state index contributed by atoms with van der Waals surface area (Å²) in [7, 11) is 0. The number of alkyl halides is 1. The molecule has 0 spiro atoms. The summed E-state index contributed by atoms with van der Waals surface area (Å²) in [5, 5.41) is 3.33. The van der Waals surface area contributed by atoms with Crippen LogP contribution in [0.3, 0.4) is 0 Å².